The van der Waals surface area contributed by atoms with Crippen LogP contribution in [-0.2, 0) is 14.8 Å². The summed E-state index contributed by atoms with van der Waals surface area (Å²) in [6, 6.07) is 0.0517. The minimum Gasteiger partial charge on any atom is -0.352 e. The lowest BCUT2D eigenvalue weighted by molar-refractivity contribution is -0.123. The highest BCUT2D eigenvalue weighted by atomic mass is 32.2. The number of carbonyl (C=O) groups excluding carboxylic acids is 1. The molecule has 2 heterocycles. The molecule has 1 amide bonds. The number of carbonyl (C=O) groups is 1. The first-order valence-corrected chi connectivity index (χ1v) is 8.30. The molecule has 18 heavy (non-hydrogen) atoms. The van der Waals surface area contributed by atoms with Crippen molar-refractivity contribution in [3.63, 3.8) is 0 Å². The van der Waals surface area contributed by atoms with Crippen molar-refractivity contribution in [2.24, 2.45) is 0 Å². The van der Waals surface area contributed by atoms with E-state index in [4.69, 9.17) is 0 Å². The fraction of sp³-hybridized carbons (Fsp3) is 0.909. The molecule has 0 aromatic heterocycles. The highest BCUT2D eigenvalue weighted by Gasteiger charge is 2.28. The van der Waals surface area contributed by atoms with Gasteiger partial charge in [-0.25, -0.2) is 12.7 Å². The molecule has 0 radical (unpaired) electrons. The molecule has 0 aromatic carbocycles. The standard InChI is InChI=1S/C11H21N3O3S/c1-18(16,17)14-7-4-9(5-8-14)13-11(15)10-3-2-6-12-10/h9-10,12H,2-8H2,1H3,(H,13,15). The van der Waals surface area contributed by atoms with Crippen LogP contribution in [0.25, 0.3) is 0 Å². The Balaban J connectivity index is 1.78. The fourth-order valence-corrected chi connectivity index (χ4v) is 3.42. The van der Waals surface area contributed by atoms with Gasteiger partial charge in [0.25, 0.3) is 0 Å². The number of nitrogens with one attached hydrogen (secondary N) is 2. The second kappa shape index (κ2) is 5.54. The van der Waals surface area contributed by atoms with E-state index in [1.54, 1.807) is 0 Å². The van der Waals surface area contributed by atoms with Gasteiger partial charge in [-0.2, -0.15) is 0 Å². The van der Waals surface area contributed by atoms with Crippen molar-refractivity contribution in [1.82, 2.24) is 14.9 Å². The molecule has 1 unspecified atom stereocenters. The summed E-state index contributed by atoms with van der Waals surface area (Å²) >= 11 is 0. The van der Waals surface area contributed by atoms with E-state index >= 15 is 0 Å². The number of nitrogens with zero attached hydrogens (tertiary/aromatic N) is 1. The van der Waals surface area contributed by atoms with Crippen LogP contribution in [0.5, 0.6) is 0 Å². The van der Waals surface area contributed by atoms with Gasteiger partial charge in [0, 0.05) is 19.1 Å². The molecule has 0 saturated carbocycles. The first-order chi connectivity index (χ1) is 8.47. The topological polar surface area (TPSA) is 78.5 Å². The molecule has 2 N–H and O–H groups in total. The summed E-state index contributed by atoms with van der Waals surface area (Å²) in [6.07, 6.45) is 4.57. The maximum atomic E-state index is 11.9. The average Bonchev–Trinajstić information content (AvgIpc) is 2.82. The van der Waals surface area contributed by atoms with E-state index < -0.39 is 10.0 Å². The highest BCUT2D eigenvalue weighted by molar-refractivity contribution is 7.88. The summed E-state index contributed by atoms with van der Waals surface area (Å²) in [4.78, 5) is 11.9. The number of rotatable bonds is 3. The maximum Gasteiger partial charge on any atom is 0.237 e. The van der Waals surface area contributed by atoms with Crippen molar-refractivity contribution >= 4 is 15.9 Å². The molecule has 1 atom stereocenters. The first kappa shape index (κ1) is 13.8. The smallest absolute Gasteiger partial charge is 0.237 e. The lowest BCUT2D eigenvalue weighted by Crippen LogP contribution is -2.50. The van der Waals surface area contributed by atoms with Gasteiger partial charge in [-0.05, 0) is 32.2 Å². The van der Waals surface area contributed by atoms with Crippen molar-refractivity contribution in [3.05, 3.63) is 0 Å². The number of amides is 1. The Bertz CT molecular complexity index is 396. The third-order valence-electron chi connectivity index (χ3n) is 3.65. The zero-order valence-electron chi connectivity index (χ0n) is 10.7. The average molecular weight is 275 g/mol. The van der Waals surface area contributed by atoms with E-state index in [2.05, 4.69) is 10.6 Å². The van der Waals surface area contributed by atoms with Gasteiger partial charge < -0.3 is 10.6 Å². The highest BCUT2D eigenvalue weighted by Crippen LogP contribution is 2.14. The van der Waals surface area contributed by atoms with Crippen LogP contribution >= 0.6 is 0 Å². The molecule has 104 valence electrons. The van der Waals surface area contributed by atoms with Gasteiger partial charge in [-0.15, -0.1) is 0 Å². The van der Waals surface area contributed by atoms with Crippen molar-refractivity contribution in [3.8, 4) is 0 Å². The van der Waals surface area contributed by atoms with E-state index in [1.165, 1.54) is 10.6 Å². The molecule has 2 rings (SSSR count). The van der Waals surface area contributed by atoms with Crippen molar-refractivity contribution in [1.29, 1.82) is 0 Å². The quantitative estimate of drug-likeness (QED) is 0.712. The summed E-state index contributed by atoms with van der Waals surface area (Å²) < 4.78 is 24.2. The predicted molar refractivity (Wildman–Crippen MR) is 68.6 cm³/mol. The summed E-state index contributed by atoms with van der Waals surface area (Å²) in [7, 11) is -3.09. The Morgan fingerprint density at radius 2 is 1.94 bits per heavy atom. The van der Waals surface area contributed by atoms with Gasteiger partial charge >= 0.3 is 0 Å². The summed E-state index contributed by atoms with van der Waals surface area (Å²) in [6.45, 7) is 1.91. The van der Waals surface area contributed by atoms with Crippen LogP contribution in [0.15, 0.2) is 0 Å². The molecule has 7 heteroatoms. The SMILES string of the molecule is CS(=O)(=O)N1CCC(NC(=O)C2CCCN2)CC1. The molecule has 0 spiro atoms. The predicted octanol–water partition coefficient (Wildman–Crippen LogP) is -0.721. The van der Waals surface area contributed by atoms with Crippen LogP contribution in [-0.4, -0.2) is 56.6 Å². The molecule has 2 fully saturated rings. The lowest BCUT2D eigenvalue weighted by atomic mass is 10.1. The summed E-state index contributed by atoms with van der Waals surface area (Å²) in [5.74, 6) is 0.0605. The zero-order chi connectivity index (χ0) is 13.2. The molecule has 0 aliphatic carbocycles. The number of piperidine rings is 1. The second-order valence-electron chi connectivity index (χ2n) is 5.09. The van der Waals surface area contributed by atoms with Crippen LogP contribution in [0, 0.1) is 0 Å². The van der Waals surface area contributed by atoms with Gasteiger partial charge in [0.15, 0.2) is 0 Å². The van der Waals surface area contributed by atoms with Crippen LogP contribution in [0.2, 0.25) is 0 Å². The van der Waals surface area contributed by atoms with E-state index in [0.717, 1.165) is 19.4 Å². The summed E-state index contributed by atoms with van der Waals surface area (Å²) in [5.41, 5.74) is 0. The molecule has 0 aromatic rings. The molecule has 6 nitrogen and oxygen atoms in total. The Labute approximate surface area is 108 Å². The van der Waals surface area contributed by atoms with Crippen LogP contribution in [0.4, 0.5) is 0 Å². The molecule has 2 aliphatic heterocycles. The maximum absolute atomic E-state index is 11.9. The Morgan fingerprint density at radius 3 is 2.44 bits per heavy atom. The largest absolute Gasteiger partial charge is 0.352 e. The molecule has 0 bridgehead atoms. The third-order valence-corrected chi connectivity index (χ3v) is 4.95. The van der Waals surface area contributed by atoms with Crippen LogP contribution < -0.4 is 10.6 Å². The number of hydrogen-bond donors (Lipinski definition) is 2. The van der Waals surface area contributed by atoms with Gasteiger partial charge in [-0.1, -0.05) is 0 Å². The minimum atomic E-state index is -3.09. The molecular weight excluding hydrogens is 254 g/mol. The molecular formula is C11H21N3O3S. The van der Waals surface area contributed by atoms with Gasteiger partial charge in [0.2, 0.25) is 15.9 Å². The van der Waals surface area contributed by atoms with Crippen molar-refractivity contribution in [2.45, 2.75) is 37.8 Å². The van der Waals surface area contributed by atoms with Gasteiger partial charge in [0.1, 0.15) is 0 Å². The van der Waals surface area contributed by atoms with E-state index in [0.29, 0.717) is 25.9 Å². The van der Waals surface area contributed by atoms with Crippen LogP contribution in [0.1, 0.15) is 25.7 Å². The Kier molecular flexibility index (Phi) is 4.24. The third kappa shape index (κ3) is 3.43. The number of hydrogen-bond acceptors (Lipinski definition) is 4. The molecule has 2 aliphatic rings. The Morgan fingerprint density at radius 1 is 1.28 bits per heavy atom. The number of sulfonamides is 1. The van der Waals surface area contributed by atoms with Crippen molar-refractivity contribution in [2.75, 3.05) is 25.9 Å². The Hall–Kier alpha value is -0.660. The molecule has 2 saturated heterocycles. The van der Waals surface area contributed by atoms with E-state index in [-0.39, 0.29) is 18.0 Å². The van der Waals surface area contributed by atoms with Crippen molar-refractivity contribution < 1.29 is 13.2 Å². The van der Waals surface area contributed by atoms with Gasteiger partial charge in [-0.3, -0.25) is 4.79 Å². The first-order valence-electron chi connectivity index (χ1n) is 6.46. The normalized spacial score (nSPS) is 27.3. The lowest BCUT2D eigenvalue weighted by Gasteiger charge is -2.31. The van der Waals surface area contributed by atoms with Gasteiger partial charge in [0.05, 0.1) is 12.3 Å². The minimum absolute atomic E-state index is 0.0575. The van der Waals surface area contributed by atoms with Crippen LogP contribution in [0.3, 0.4) is 0 Å². The fourth-order valence-electron chi connectivity index (χ4n) is 2.54. The van der Waals surface area contributed by atoms with E-state index in [1.807, 2.05) is 0 Å². The van der Waals surface area contributed by atoms with E-state index in [9.17, 15) is 13.2 Å². The summed E-state index contributed by atoms with van der Waals surface area (Å²) in [5, 5.41) is 6.17. The monoisotopic (exact) mass is 275 g/mol. The zero-order valence-corrected chi connectivity index (χ0v) is 11.5. The second-order valence-corrected chi connectivity index (χ2v) is 7.08.